The molecule has 0 unspecified atom stereocenters. The number of aliphatic hydroxyl groups excluding tert-OH is 1. The molecule has 2 rings (SSSR count). The molecule has 0 aliphatic heterocycles. The van der Waals surface area contributed by atoms with Crippen molar-refractivity contribution in [3.05, 3.63) is 12.4 Å². The van der Waals surface area contributed by atoms with Gasteiger partial charge in [-0.2, -0.15) is 0 Å². The van der Waals surface area contributed by atoms with Crippen molar-refractivity contribution in [2.45, 2.75) is 38.1 Å². The molecule has 1 aromatic rings. The number of aromatic nitrogens is 2. The van der Waals surface area contributed by atoms with Gasteiger partial charge in [-0.15, -0.1) is 0 Å². The van der Waals surface area contributed by atoms with E-state index in [2.05, 4.69) is 27.2 Å². The Hall–Kier alpha value is -1.36. The zero-order valence-electron chi connectivity index (χ0n) is 11.0. The molecule has 1 fully saturated rings. The molecule has 0 aromatic carbocycles. The van der Waals surface area contributed by atoms with Crippen LogP contribution in [0, 0.1) is 0 Å². The van der Waals surface area contributed by atoms with Crippen molar-refractivity contribution >= 4 is 11.6 Å². The van der Waals surface area contributed by atoms with Crippen molar-refractivity contribution in [3.63, 3.8) is 0 Å². The van der Waals surface area contributed by atoms with Crippen molar-refractivity contribution in [3.8, 4) is 0 Å². The van der Waals surface area contributed by atoms with Gasteiger partial charge >= 0.3 is 0 Å². The molecule has 1 aromatic heterocycles. The van der Waals surface area contributed by atoms with Crippen LogP contribution in [0.2, 0.25) is 0 Å². The first-order chi connectivity index (χ1) is 8.81. The second kappa shape index (κ2) is 6.54. The van der Waals surface area contributed by atoms with Crippen molar-refractivity contribution in [1.29, 1.82) is 0 Å². The van der Waals surface area contributed by atoms with Gasteiger partial charge in [0, 0.05) is 32.3 Å². The van der Waals surface area contributed by atoms with Crippen LogP contribution in [-0.4, -0.2) is 41.3 Å². The SMILES string of the molecule is CN(c1cc(NCCCO)ncn1)C1CCCC1. The maximum atomic E-state index is 8.75. The summed E-state index contributed by atoms with van der Waals surface area (Å²) in [6.07, 6.45) is 7.49. The highest BCUT2D eigenvalue weighted by Crippen LogP contribution is 2.26. The standard InChI is InChI=1S/C13H22N4O/c1-17(11-5-2-3-6-11)13-9-12(15-10-16-13)14-7-4-8-18/h9-11,18H,2-8H2,1H3,(H,14,15,16). The van der Waals surface area contributed by atoms with Gasteiger partial charge in [0.05, 0.1) is 0 Å². The van der Waals surface area contributed by atoms with E-state index in [1.807, 2.05) is 6.07 Å². The quantitative estimate of drug-likeness (QED) is 0.752. The molecule has 0 amide bonds. The monoisotopic (exact) mass is 250 g/mol. The van der Waals surface area contributed by atoms with Crippen LogP contribution in [0.15, 0.2) is 12.4 Å². The third-order valence-electron chi connectivity index (χ3n) is 3.53. The molecule has 0 radical (unpaired) electrons. The van der Waals surface area contributed by atoms with Gasteiger partial charge in [-0.25, -0.2) is 9.97 Å². The van der Waals surface area contributed by atoms with E-state index in [1.165, 1.54) is 25.7 Å². The maximum absolute atomic E-state index is 8.75. The highest BCUT2D eigenvalue weighted by molar-refractivity contribution is 5.48. The molecule has 0 saturated heterocycles. The Morgan fingerprint density at radius 2 is 2.17 bits per heavy atom. The minimum atomic E-state index is 0.201. The third kappa shape index (κ3) is 3.32. The molecule has 0 spiro atoms. The molecule has 1 aliphatic carbocycles. The fourth-order valence-corrected chi connectivity index (χ4v) is 2.41. The minimum Gasteiger partial charge on any atom is -0.396 e. The maximum Gasteiger partial charge on any atom is 0.134 e. The summed E-state index contributed by atoms with van der Waals surface area (Å²) in [6.45, 7) is 0.938. The van der Waals surface area contributed by atoms with Crippen LogP contribution in [0.3, 0.4) is 0 Å². The molecule has 1 saturated carbocycles. The number of nitrogens with zero attached hydrogens (tertiary/aromatic N) is 3. The molecule has 0 bridgehead atoms. The molecule has 2 N–H and O–H groups in total. The van der Waals surface area contributed by atoms with E-state index in [0.29, 0.717) is 6.04 Å². The van der Waals surface area contributed by atoms with Crippen molar-refractivity contribution < 1.29 is 5.11 Å². The Morgan fingerprint density at radius 1 is 1.39 bits per heavy atom. The van der Waals surface area contributed by atoms with Gasteiger partial charge < -0.3 is 15.3 Å². The highest BCUT2D eigenvalue weighted by Gasteiger charge is 2.20. The van der Waals surface area contributed by atoms with E-state index < -0.39 is 0 Å². The fraction of sp³-hybridized carbons (Fsp3) is 0.692. The predicted octanol–water partition coefficient (Wildman–Crippen LogP) is 1.65. The van der Waals surface area contributed by atoms with Crippen LogP contribution in [0.1, 0.15) is 32.1 Å². The molecule has 100 valence electrons. The van der Waals surface area contributed by atoms with Crippen LogP contribution in [0.5, 0.6) is 0 Å². The number of aliphatic hydroxyl groups is 1. The summed E-state index contributed by atoms with van der Waals surface area (Å²) in [5, 5.41) is 11.9. The summed E-state index contributed by atoms with van der Waals surface area (Å²) in [5.74, 6) is 1.81. The summed E-state index contributed by atoms with van der Waals surface area (Å²) < 4.78 is 0. The smallest absolute Gasteiger partial charge is 0.134 e. The average molecular weight is 250 g/mol. The van der Waals surface area contributed by atoms with E-state index in [1.54, 1.807) is 6.33 Å². The molecule has 0 atom stereocenters. The van der Waals surface area contributed by atoms with E-state index >= 15 is 0 Å². The van der Waals surface area contributed by atoms with Gasteiger partial charge in [0.2, 0.25) is 0 Å². The first kappa shape index (κ1) is 13.1. The summed E-state index contributed by atoms with van der Waals surface area (Å²) in [6, 6.07) is 2.60. The number of hydrogen-bond acceptors (Lipinski definition) is 5. The van der Waals surface area contributed by atoms with E-state index in [4.69, 9.17) is 5.11 Å². The highest BCUT2D eigenvalue weighted by atomic mass is 16.3. The molecule has 1 aliphatic rings. The van der Waals surface area contributed by atoms with E-state index in [-0.39, 0.29) is 6.61 Å². The zero-order chi connectivity index (χ0) is 12.8. The van der Waals surface area contributed by atoms with Crippen molar-refractivity contribution in [1.82, 2.24) is 9.97 Å². The van der Waals surface area contributed by atoms with Crippen LogP contribution >= 0.6 is 0 Å². The van der Waals surface area contributed by atoms with Gasteiger partial charge in [-0.3, -0.25) is 0 Å². The van der Waals surface area contributed by atoms with Crippen molar-refractivity contribution in [2.24, 2.45) is 0 Å². The van der Waals surface area contributed by atoms with Gasteiger partial charge in [0.1, 0.15) is 18.0 Å². The summed E-state index contributed by atoms with van der Waals surface area (Å²) in [5.41, 5.74) is 0. The Balaban J connectivity index is 1.97. The van der Waals surface area contributed by atoms with Crippen LogP contribution in [-0.2, 0) is 0 Å². The lowest BCUT2D eigenvalue weighted by molar-refractivity contribution is 0.292. The summed E-state index contributed by atoms with van der Waals surface area (Å²) in [7, 11) is 2.11. The fourth-order valence-electron chi connectivity index (χ4n) is 2.41. The van der Waals surface area contributed by atoms with Crippen LogP contribution in [0.25, 0.3) is 0 Å². The normalized spacial score (nSPS) is 15.9. The zero-order valence-corrected chi connectivity index (χ0v) is 11.0. The molecule has 1 heterocycles. The van der Waals surface area contributed by atoms with Crippen LogP contribution < -0.4 is 10.2 Å². The molecular formula is C13H22N4O. The summed E-state index contributed by atoms with van der Waals surface area (Å²) in [4.78, 5) is 10.8. The topological polar surface area (TPSA) is 61.3 Å². The Morgan fingerprint density at radius 3 is 2.89 bits per heavy atom. The van der Waals surface area contributed by atoms with E-state index in [0.717, 1.165) is 24.6 Å². The molecule has 5 nitrogen and oxygen atoms in total. The molecule has 18 heavy (non-hydrogen) atoms. The first-order valence-electron chi connectivity index (χ1n) is 6.71. The third-order valence-corrected chi connectivity index (χ3v) is 3.53. The van der Waals surface area contributed by atoms with Gasteiger partial charge in [0.25, 0.3) is 0 Å². The van der Waals surface area contributed by atoms with Gasteiger partial charge in [0.15, 0.2) is 0 Å². The lowest BCUT2D eigenvalue weighted by atomic mass is 10.2. The molecular weight excluding hydrogens is 228 g/mol. The lowest BCUT2D eigenvalue weighted by Crippen LogP contribution is -2.29. The Labute approximate surface area is 108 Å². The second-order valence-electron chi connectivity index (χ2n) is 4.81. The van der Waals surface area contributed by atoms with Gasteiger partial charge in [-0.1, -0.05) is 12.8 Å². The largest absolute Gasteiger partial charge is 0.396 e. The number of nitrogens with one attached hydrogen (secondary N) is 1. The van der Waals surface area contributed by atoms with Crippen molar-refractivity contribution in [2.75, 3.05) is 30.4 Å². The number of anilines is 2. The number of hydrogen-bond donors (Lipinski definition) is 2. The Kier molecular flexibility index (Phi) is 4.75. The predicted molar refractivity (Wildman–Crippen MR) is 72.9 cm³/mol. The average Bonchev–Trinajstić information content (AvgIpc) is 2.92. The summed E-state index contributed by atoms with van der Waals surface area (Å²) >= 11 is 0. The Bertz CT molecular complexity index is 366. The first-order valence-corrected chi connectivity index (χ1v) is 6.71. The lowest BCUT2D eigenvalue weighted by Gasteiger charge is -2.25. The minimum absolute atomic E-state index is 0.201. The van der Waals surface area contributed by atoms with Gasteiger partial charge in [-0.05, 0) is 19.3 Å². The van der Waals surface area contributed by atoms with E-state index in [9.17, 15) is 0 Å². The molecule has 5 heteroatoms. The van der Waals surface area contributed by atoms with Crippen LogP contribution in [0.4, 0.5) is 11.6 Å². The second-order valence-corrected chi connectivity index (χ2v) is 4.81. The number of rotatable bonds is 6.